The van der Waals surface area contributed by atoms with Crippen LogP contribution in [0.3, 0.4) is 0 Å². The van der Waals surface area contributed by atoms with E-state index in [9.17, 15) is 0 Å². The number of rotatable bonds is 3. The summed E-state index contributed by atoms with van der Waals surface area (Å²) >= 11 is 3.40. The molecule has 0 radical (unpaired) electrons. The third-order valence-corrected chi connectivity index (χ3v) is 3.01. The van der Waals surface area contributed by atoms with Crippen molar-refractivity contribution in [3.05, 3.63) is 40.6 Å². The SMILES string of the molecule is CNC(C)c1cn(-c2ccc(Br)cc2)nn1. The molecule has 0 aliphatic carbocycles. The first-order valence-corrected chi connectivity index (χ1v) is 5.85. The zero-order valence-corrected chi connectivity index (χ0v) is 10.8. The van der Waals surface area contributed by atoms with Crippen molar-refractivity contribution < 1.29 is 0 Å². The highest BCUT2D eigenvalue weighted by Gasteiger charge is 2.08. The van der Waals surface area contributed by atoms with E-state index >= 15 is 0 Å². The Balaban J connectivity index is 2.28. The van der Waals surface area contributed by atoms with Gasteiger partial charge in [0.2, 0.25) is 0 Å². The number of nitrogens with one attached hydrogen (secondary N) is 1. The van der Waals surface area contributed by atoms with Crippen molar-refractivity contribution in [1.82, 2.24) is 20.3 Å². The van der Waals surface area contributed by atoms with E-state index < -0.39 is 0 Å². The Morgan fingerprint density at radius 3 is 2.62 bits per heavy atom. The molecule has 16 heavy (non-hydrogen) atoms. The average molecular weight is 281 g/mol. The van der Waals surface area contributed by atoms with Gasteiger partial charge in [0.15, 0.2) is 0 Å². The molecule has 2 aromatic rings. The van der Waals surface area contributed by atoms with Gasteiger partial charge in [0.25, 0.3) is 0 Å². The summed E-state index contributed by atoms with van der Waals surface area (Å²) in [6.07, 6.45) is 1.93. The predicted octanol–water partition coefficient (Wildman–Crippen LogP) is 2.31. The summed E-state index contributed by atoms with van der Waals surface area (Å²) in [4.78, 5) is 0. The lowest BCUT2D eigenvalue weighted by molar-refractivity contribution is 0.630. The van der Waals surface area contributed by atoms with Crippen LogP contribution < -0.4 is 5.32 Å². The molecule has 1 N–H and O–H groups in total. The van der Waals surface area contributed by atoms with Crippen LogP contribution in [0.15, 0.2) is 34.9 Å². The number of halogens is 1. The van der Waals surface area contributed by atoms with E-state index in [0.29, 0.717) is 0 Å². The van der Waals surface area contributed by atoms with Crippen molar-refractivity contribution in [1.29, 1.82) is 0 Å². The number of hydrogen-bond acceptors (Lipinski definition) is 3. The van der Waals surface area contributed by atoms with Gasteiger partial charge in [-0.1, -0.05) is 21.1 Å². The summed E-state index contributed by atoms with van der Waals surface area (Å²) in [5.74, 6) is 0. The second kappa shape index (κ2) is 4.76. The van der Waals surface area contributed by atoms with E-state index in [2.05, 4.69) is 38.5 Å². The normalized spacial score (nSPS) is 12.7. The molecule has 0 saturated carbocycles. The van der Waals surface area contributed by atoms with Crippen molar-refractivity contribution in [2.45, 2.75) is 13.0 Å². The number of benzene rings is 1. The number of hydrogen-bond donors (Lipinski definition) is 1. The molecule has 0 aliphatic heterocycles. The highest BCUT2D eigenvalue weighted by Crippen LogP contribution is 2.14. The maximum absolute atomic E-state index is 4.12. The van der Waals surface area contributed by atoms with E-state index in [0.717, 1.165) is 15.9 Å². The van der Waals surface area contributed by atoms with Gasteiger partial charge < -0.3 is 5.32 Å². The van der Waals surface area contributed by atoms with Crippen LogP contribution >= 0.6 is 15.9 Å². The molecular weight excluding hydrogens is 268 g/mol. The first kappa shape index (κ1) is 11.3. The molecule has 0 bridgehead atoms. The lowest BCUT2D eigenvalue weighted by Gasteiger charge is -2.03. The molecule has 0 amide bonds. The van der Waals surface area contributed by atoms with Crippen molar-refractivity contribution in [2.75, 3.05) is 7.05 Å². The van der Waals surface area contributed by atoms with Crippen LogP contribution in [-0.2, 0) is 0 Å². The van der Waals surface area contributed by atoms with Gasteiger partial charge in [-0.2, -0.15) is 0 Å². The second-order valence-electron chi connectivity index (χ2n) is 3.57. The lowest BCUT2D eigenvalue weighted by Crippen LogP contribution is -2.12. The van der Waals surface area contributed by atoms with Crippen molar-refractivity contribution >= 4 is 15.9 Å². The highest BCUT2D eigenvalue weighted by molar-refractivity contribution is 9.10. The molecule has 1 aromatic heterocycles. The van der Waals surface area contributed by atoms with E-state index in [1.54, 1.807) is 4.68 Å². The summed E-state index contributed by atoms with van der Waals surface area (Å²) in [5.41, 5.74) is 1.94. The molecule has 1 unspecified atom stereocenters. The molecule has 2 rings (SSSR count). The largest absolute Gasteiger partial charge is 0.312 e. The average Bonchev–Trinajstić information content (AvgIpc) is 2.78. The van der Waals surface area contributed by atoms with E-state index in [4.69, 9.17) is 0 Å². The van der Waals surface area contributed by atoms with Gasteiger partial charge in [-0.05, 0) is 38.2 Å². The fraction of sp³-hybridized carbons (Fsp3) is 0.273. The topological polar surface area (TPSA) is 42.7 Å². The standard InChI is InChI=1S/C11H13BrN4/c1-8(13-2)11-7-16(15-14-11)10-5-3-9(12)4-6-10/h3-8,13H,1-2H3. The molecule has 84 valence electrons. The van der Waals surface area contributed by atoms with Crippen molar-refractivity contribution in [3.8, 4) is 5.69 Å². The molecule has 0 aliphatic rings. The molecule has 0 saturated heterocycles. The Bertz CT molecular complexity index is 463. The predicted molar refractivity (Wildman–Crippen MR) is 66.5 cm³/mol. The molecule has 5 heteroatoms. The minimum Gasteiger partial charge on any atom is -0.312 e. The van der Waals surface area contributed by atoms with Crippen LogP contribution in [-0.4, -0.2) is 22.0 Å². The summed E-state index contributed by atoms with van der Waals surface area (Å²) in [7, 11) is 1.91. The van der Waals surface area contributed by atoms with E-state index in [1.165, 1.54) is 0 Å². The van der Waals surface area contributed by atoms with Crippen LogP contribution in [0.1, 0.15) is 18.7 Å². The van der Waals surface area contributed by atoms with Crippen LogP contribution in [0, 0.1) is 0 Å². The molecular formula is C11H13BrN4. The second-order valence-corrected chi connectivity index (χ2v) is 4.49. The van der Waals surface area contributed by atoms with Gasteiger partial charge in [-0.15, -0.1) is 5.10 Å². The zero-order chi connectivity index (χ0) is 11.5. The third kappa shape index (κ3) is 2.31. The monoisotopic (exact) mass is 280 g/mol. The number of aromatic nitrogens is 3. The smallest absolute Gasteiger partial charge is 0.0998 e. The minimum atomic E-state index is 0.212. The van der Waals surface area contributed by atoms with Gasteiger partial charge in [0.05, 0.1) is 17.6 Å². The Morgan fingerprint density at radius 2 is 2.00 bits per heavy atom. The van der Waals surface area contributed by atoms with Gasteiger partial charge in [-0.25, -0.2) is 4.68 Å². The minimum absolute atomic E-state index is 0.212. The summed E-state index contributed by atoms with van der Waals surface area (Å²) < 4.78 is 2.83. The van der Waals surface area contributed by atoms with Crippen LogP contribution in [0.2, 0.25) is 0 Å². The quantitative estimate of drug-likeness (QED) is 0.938. The maximum Gasteiger partial charge on any atom is 0.0998 e. The third-order valence-electron chi connectivity index (χ3n) is 2.48. The molecule has 1 aromatic carbocycles. The van der Waals surface area contributed by atoms with Gasteiger partial charge in [0, 0.05) is 10.5 Å². The Labute approximate surface area is 103 Å². The Kier molecular flexibility index (Phi) is 3.36. The van der Waals surface area contributed by atoms with Crippen molar-refractivity contribution in [2.24, 2.45) is 0 Å². The molecule has 0 fully saturated rings. The lowest BCUT2D eigenvalue weighted by atomic mass is 10.2. The molecule has 1 atom stereocenters. The number of nitrogens with zero attached hydrogens (tertiary/aromatic N) is 3. The Hall–Kier alpha value is -1.20. The van der Waals surface area contributed by atoms with Crippen LogP contribution in [0.25, 0.3) is 5.69 Å². The zero-order valence-electron chi connectivity index (χ0n) is 9.18. The first-order valence-electron chi connectivity index (χ1n) is 5.06. The van der Waals surface area contributed by atoms with Gasteiger partial charge >= 0.3 is 0 Å². The van der Waals surface area contributed by atoms with Crippen LogP contribution in [0.5, 0.6) is 0 Å². The molecule has 1 heterocycles. The summed E-state index contributed by atoms with van der Waals surface area (Å²) in [6.45, 7) is 2.05. The van der Waals surface area contributed by atoms with Crippen LogP contribution in [0.4, 0.5) is 0 Å². The van der Waals surface area contributed by atoms with E-state index in [-0.39, 0.29) is 6.04 Å². The molecule has 4 nitrogen and oxygen atoms in total. The first-order chi connectivity index (χ1) is 7.70. The van der Waals surface area contributed by atoms with Gasteiger partial charge in [0.1, 0.15) is 0 Å². The fourth-order valence-electron chi connectivity index (χ4n) is 1.34. The molecule has 0 spiro atoms. The van der Waals surface area contributed by atoms with E-state index in [1.807, 2.05) is 37.5 Å². The summed E-state index contributed by atoms with van der Waals surface area (Å²) in [5, 5.41) is 11.4. The Morgan fingerprint density at radius 1 is 1.31 bits per heavy atom. The maximum atomic E-state index is 4.12. The van der Waals surface area contributed by atoms with Gasteiger partial charge in [-0.3, -0.25) is 0 Å². The highest BCUT2D eigenvalue weighted by atomic mass is 79.9. The fourth-order valence-corrected chi connectivity index (χ4v) is 1.61. The summed E-state index contributed by atoms with van der Waals surface area (Å²) in [6, 6.07) is 8.17. The van der Waals surface area contributed by atoms with Crippen molar-refractivity contribution in [3.63, 3.8) is 0 Å².